The highest BCUT2D eigenvalue weighted by atomic mass is 32.1. The molecule has 0 radical (unpaired) electrons. The van der Waals surface area contributed by atoms with Crippen molar-refractivity contribution in [3.05, 3.63) is 81.1 Å². The molecule has 2 aromatic heterocycles. The predicted octanol–water partition coefficient (Wildman–Crippen LogP) is 6.08. The summed E-state index contributed by atoms with van der Waals surface area (Å²) in [6.07, 6.45) is 0. The molecule has 4 N–H and O–H groups in total. The van der Waals surface area contributed by atoms with Crippen LogP contribution in [0.15, 0.2) is 70.3 Å². The number of aromatic nitrogens is 2. The number of phenols is 2. The number of phenolic OH excluding ortho intramolecular Hbond substituents is 2. The van der Waals surface area contributed by atoms with Crippen LogP contribution in [-0.2, 0) is 0 Å². The number of hydrogen-bond acceptors (Lipinski definition) is 6. The van der Waals surface area contributed by atoms with Crippen molar-refractivity contribution in [3.63, 3.8) is 0 Å². The maximum absolute atomic E-state index is 14.1. The van der Waals surface area contributed by atoms with Gasteiger partial charge in [-0.15, -0.1) is 22.7 Å². The fraction of sp³-hybridized carbons (Fsp3) is 0. The zero-order valence-electron chi connectivity index (χ0n) is 17.3. The number of aromatic amines is 2. The van der Waals surface area contributed by atoms with E-state index in [2.05, 4.69) is 9.97 Å². The summed E-state index contributed by atoms with van der Waals surface area (Å²) in [6.45, 7) is 0. The van der Waals surface area contributed by atoms with Gasteiger partial charge in [-0.3, -0.25) is 9.59 Å². The standard InChI is InChI=1S/C26H14N2O4S2/c29-13-9-17-23(27-11-5-1-3-7-15(11)33-17)21-19(13)25(31)20-14(30)10-18-24(22(20)26(21)32)28-12-6-2-4-8-16(12)34-18/h1-10,27-30H. The Labute approximate surface area is 197 Å². The Morgan fingerprint density at radius 2 is 0.971 bits per heavy atom. The molecule has 0 unspecified atom stereocenters. The minimum atomic E-state index is -0.582. The Morgan fingerprint density at radius 1 is 0.559 bits per heavy atom. The van der Waals surface area contributed by atoms with E-state index in [-0.39, 0.29) is 33.0 Å². The summed E-state index contributed by atoms with van der Waals surface area (Å²) in [5.41, 5.74) is 1.60. The molecular weight excluding hydrogens is 468 g/mol. The van der Waals surface area contributed by atoms with Crippen molar-refractivity contribution in [1.29, 1.82) is 0 Å². The van der Waals surface area contributed by atoms with Gasteiger partial charge in [-0.05, 0) is 24.3 Å². The average Bonchev–Trinajstić information content (AvgIpc) is 2.83. The van der Waals surface area contributed by atoms with Crippen molar-refractivity contribution in [1.82, 2.24) is 9.97 Å². The number of aromatic hydroxyl groups is 2. The Morgan fingerprint density at radius 3 is 1.44 bits per heavy atom. The van der Waals surface area contributed by atoms with Crippen LogP contribution in [0.1, 0.15) is 0 Å². The van der Waals surface area contributed by atoms with Crippen molar-refractivity contribution in [3.8, 4) is 11.5 Å². The van der Waals surface area contributed by atoms with Gasteiger partial charge in [0.25, 0.3) is 0 Å². The van der Waals surface area contributed by atoms with E-state index < -0.39 is 10.9 Å². The maximum atomic E-state index is 14.1. The molecule has 0 atom stereocenters. The van der Waals surface area contributed by atoms with Gasteiger partial charge in [-0.25, -0.2) is 0 Å². The first-order valence-corrected chi connectivity index (χ1v) is 12.1. The monoisotopic (exact) mass is 482 g/mol. The van der Waals surface area contributed by atoms with Crippen LogP contribution in [0.5, 0.6) is 11.5 Å². The van der Waals surface area contributed by atoms with Gasteiger partial charge in [0.1, 0.15) is 11.5 Å². The lowest BCUT2D eigenvalue weighted by molar-refractivity contribution is 0.481. The minimum absolute atomic E-state index is 0.0946. The van der Waals surface area contributed by atoms with E-state index in [4.69, 9.17) is 0 Å². The van der Waals surface area contributed by atoms with Crippen LogP contribution in [0.3, 0.4) is 0 Å². The second kappa shape index (κ2) is 6.69. The van der Waals surface area contributed by atoms with Crippen molar-refractivity contribution >= 4 is 85.1 Å². The van der Waals surface area contributed by atoms with Gasteiger partial charge in [-0.1, -0.05) is 24.3 Å². The average molecular weight is 483 g/mol. The minimum Gasteiger partial charge on any atom is -0.507 e. The molecule has 6 nitrogen and oxygen atoms in total. The highest BCUT2D eigenvalue weighted by Crippen LogP contribution is 2.38. The van der Waals surface area contributed by atoms with Gasteiger partial charge in [-0.2, -0.15) is 0 Å². The molecular formula is C26H14N2O4S2. The van der Waals surface area contributed by atoms with Gasteiger partial charge < -0.3 is 20.2 Å². The Balaban J connectivity index is 1.81. The molecule has 5 aromatic carbocycles. The fourth-order valence-electron chi connectivity index (χ4n) is 4.69. The van der Waals surface area contributed by atoms with E-state index in [1.165, 1.54) is 34.8 Å². The number of benzene rings is 5. The van der Waals surface area contributed by atoms with Crippen molar-refractivity contribution in [2.75, 3.05) is 0 Å². The number of hydrogen-bond donors (Lipinski definition) is 4. The first-order valence-electron chi connectivity index (χ1n) is 10.5. The van der Waals surface area contributed by atoms with E-state index in [0.29, 0.717) is 20.4 Å². The van der Waals surface area contributed by atoms with E-state index in [9.17, 15) is 19.8 Å². The number of H-pyrrole nitrogens is 2. The quantitative estimate of drug-likeness (QED) is 0.155. The summed E-state index contributed by atoms with van der Waals surface area (Å²) in [7, 11) is 0. The van der Waals surface area contributed by atoms with Crippen molar-refractivity contribution < 1.29 is 10.2 Å². The SMILES string of the molecule is O=c1c2c(O)cc3sc4ccccc4[nH]c3c2c(=O)c2c1c(O)cc1sc3ccccc3[nH]c12. The van der Waals surface area contributed by atoms with Crippen LogP contribution < -0.4 is 10.9 Å². The molecule has 2 heterocycles. The topological polar surface area (TPSA) is 106 Å². The highest BCUT2D eigenvalue weighted by molar-refractivity contribution is 7.25. The number of fused-ring (bicyclic) bond motifs is 8. The smallest absolute Gasteiger partial charge is 0.202 e. The Hall–Kier alpha value is -4.14. The van der Waals surface area contributed by atoms with Gasteiger partial charge in [0.05, 0.1) is 62.4 Å². The maximum Gasteiger partial charge on any atom is 0.202 e. The van der Waals surface area contributed by atoms with Crippen LogP contribution >= 0.6 is 22.7 Å². The summed E-state index contributed by atoms with van der Waals surface area (Å²) in [4.78, 5) is 34.3. The third-order valence-electron chi connectivity index (χ3n) is 6.18. The Kier molecular flexibility index (Phi) is 3.81. The second-order valence-electron chi connectivity index (χ2n) is 8.14. The molecule has 0 spiro atoms. The van der Waals surface area contributed by atoms with Gasteiger partial charge in [0.15, 0.2) is 5.43 Å². The number of para-hydroxylation sites is 2. The van der Waals surface area contributed by atoms with Gasteiger partial charge in [0.2, 0.25) is 5.43 Å². The fourth-order valence-corrected chi connectivity index (χ4v) is 6.76. The lowest BCUT2D eigenvalue weighted by Gasteiger charge is -2.11. The third-order valence-corrected chi connectivity index (χ3v) is 8.42. The summed E-state index contributed by atoms with van der Waals surface area (Å²) in [5.74, 6) is -0.563. The molecule has 0 bridgehead atoms. The molecule has 0 fully saturated rings. The molecule has 7 rings (SSSR count). The lowest BCUT2D eigenvalue weighted by Crippen LogP contribution is -2.14. The van der Waals surface area contributed by atoms with E-state index in [0.717, 1.165) is 20.4 Å². The molecule has 0 saturated heterocycles. The molecule has 0 aliphatic carbocycles. The first-order chi connectivity index (χ1) is 16.5. The molecule has 0 amide bonds. The number of rotatable bonds is 0. The molecule has 0 aliphatic rings. The van der Waals surface area contributed by atoms with Crippen LogP contribution in [0, 0.1) is 0 Å². The molecule has 0 saturated carbocycles. The van der Waals surface area contributed by atoms with Crippen molar-refractivity contribution in [2.45, 2.75) is 0 Å². The molecule has 8 heteroatoms. The van der Waals surface area contributed by atoms with E-state index in [1.807, 2.05) is 48.5 Å². The normalized spacial score (nSPS) is 12.0. The van der Waals surface area contributed by atoms with Crippen LogP contribution in [0.25, 0.3) is 62.4 Å². The molecule has 0 aliphatic heterocycles. The van der Waals surface area contributed by atoms with Crippen molar-refractivity contribution in [2.24, 2.45) is 0 Å². The zero-order chi connectivity index (χ0) is 23.1. The summed E-state index contributed by atoms with van der Waals surface area (Å²) in [5, 5.41) is 21.7. The highest BCUT2D eigenvalue weighted by Gasteiger charge is 2.22. The van der Waals surface area contributed by atoms with Gasteiger partial charge >= 0.3 is 0 Å². The summed E-state index contributed by atoms with van der Waals surface area (Å²) < 4.78 is 3.21. The van der Waals surface area contributed by atoms with Crippen LogP contribution in [0.4, 0.5) is 0 Å². The summed E-state index contributed by atoms with van der Waals surface area (Å²) >= 11 is 2.84. The second-order valence-corrected chi connectivity index (χ2v) is 10.3. The first kappa shape index (κ1) is 19.3. The van der Waals surface area contributed by atoms with Crippen LogP contribution in [-0.4, -0.2) is 20.2 Å². The molecule has 7 aromatic rings. The number of nitrogens with one attached hydrogen (secondary N) is 2. The zero-order valence-corrected chi connectivity index (χ0v) is 18.9. The lowest BCUT2D eigenvalue weighted by atomic mass is 9.99. The molecule has 164 valence electrons. The summed E-state index contributed by atoms with van der Waals surface area (Å²) in [6, 6.07) is 18.3. The van der Waals surface area contributed by atoms with Gasteiger partial charge in [0, 0.05) is 12.1 Å². The van der Waals surface area contributed by atoms with E-state index >= 15 is 0 Å². The third kappa shape index (κ3) is 2.49. The van der Waals surface area contributed by atoms with E-state index in [1.54, 1.807) is 0 Å². The Bertz CT molecular complexity index is 2000. The molecule has 34 heavy (non-hydrogen) atoms. The predicted molar refractivity (Wildman–Crippen MR) is 141 cm³/mol. The largest absolute Gasteiger partial charge is 0.507 e. The van der Waals surface area contributed by atoms with Crippen LogP contribution in [0.2, 0.25) is 0 Å².